The number of nitrogens with one attached hydrogen (secondary N) is 2. The number of aromatic amines is 1. The van der Waals surface area contributed by atoms with Gasteiger partial charge in [0.15, 0.2) is 0 Å². The van der Waals surface area contributed by atoms with Gasteiger partial charge in [0.05, 0.1) is 24.6 Å². The normalized spacial score (nSPS) is 20.8. The maximum absolute atomic E-state index is 13.0. The quantitative estimate of drug-likeness (QED) is 0.573. The van der Waals surface area contributed by atoms with Crippen LogP contribution in [0.5, 0.6) is 0 Å². The lowest BCUT2D eigenvalue weighted by atomic mass is 9.79. The molecule has 0 bridgehead atoms. The number of H-pyrrole nitrogens is 1. The van der Waals surface area contributed by atoms with Crippen molar-refractivity contribution in [2.45, 2.75) is 50.6 Å². The Hall–Kier alpha value is -1.58. The standard InChI is InChI=1S/C23H30N4O2S2/c1-16(24-15-23(7-3-2-4-8-23)27-9-11-29-12-10-27)20-25-21(28)19-17(14-31-22(19)26-20)18-6-5-13-30-18/h5-6,13-14,16,24H,2-4,7-12,15H2,1H3,(H,25,26,28). The van der Waals surface area contributed by atoms with Crippen LogP contribution in [-0.2, 0) is 4.74 Å². The van der Waals surface area contributed by atoms with Crippen LogP contribution in [-0.4, -0.2) is 53.3 Å². The zero-order valence-electron chi connectivity index (χ0n) is 18.0. The minimum Gasteiger partial charge on any atom is -0.379 e. The third kappa shape index (κ3) is 4.24. The van der Waals surface area contributed by atoms with Crippen LogP contribution in [0.4, 0.5) is 0 Å². The molecule has 1 aliphatic carbocycles. The van der Waals surface area contributed by atoms with Crippen LogP contribution in [0.3, 0.4) is 0 Å². The van der Waals surface area contributed by atoms with Crippen molar-refractivity contribution < 1.29 is 4.74 Å². The molecule has 5 rings (SSSR count). The van der Waals surface area contributed by atoms with Crippen molar-refractivity contribution >= 4 is 32.9 Å². The summed E-state index contributed by atoms with van der Waals surface area (Å²) < 4.78 is 5.60. The van der Waals surface area contributed by atoms with E-state index in [4.69, 9.17) is 9.72 Å². The SMILES string of the molecule is CC(NCC1(N2CCOCC2)CCCCC1)c1nc2scc(-c3cccs3)c2c(=O)[nH]1. The van der Waals surface area contributed by atoms with E-state index in [1.807, 2.05) is 11.4 Å². The molecule has 2 fully saturated rings. The average molecular weight is 459 g/mol. The molecule has 2 N–H and O–H groups in total. The molecule has 166 valence electrons. The lowest BCUT2D eigenvalue weighted by Crippen LogP contribution is -2.59. The fraction of sp³-hybridized carbons (Fsp3) is 0.565. The van der Waals surface area contributed by atoms with Crippen molar-refractivity contribution in [2.75, 3.05) is 32.8 Å². The zero-order chi connectivity index (χ0) is 21.3. The number of morpholine rings is 1. The van der Waals surface area contributed by atoms with E-state index in [0.717, 1.165) is 53.9 Å². The average Bonchev–Trinajstić information content (AvgIpc) is 3.49. The van der Waals surface area contributed by atoms with Crippen molar-refractivity contribution in [1.29, 1.82) is 0 Å². The van der Waals surface area contributed by atoms with Crippen molar-refractivity contribution in [3.8, 4) is 10.4 Å². The molecular formula is C23H30N4O2S2. The lowest BCUT2D eigenvalue weighted by Gasteiger charge is -2.48. The summed E-state index contributed by atoms with van der Waals surface area (Å²) in [7, 11) is 0. The van der Waals surface area contributed by atoms with E-state index < -0.39 is 0 Å². The van der Waals surface area contributed by atoms with Gasteiger partial charge in [-0.2, -0.15) is 0 Å². The maximum atomic E-state index is 13.0. The zero-order valence-corrected chi connectivity index (χ0v) is 19.6. The number of rotatable bonds is 6. The molecular weight excluding hydrogens is 428 g/mol. The highest BCUT2D eigenvalue weighted by molar-refractivity contribution is 7.18. The molecule has 2 aliphatic rings. The molecule has 0 spiro atoms. The molecule has 0 radical (unpaired) electrons. The molecule has 0 amide bonds. The summed E-state index contributed by atoms with van der Waals surface area (Å²) in [5.74, 6) is 0.727. The highest BCUT2D eigenvalue weighted by Gasteiger charge is 2.38. The van der Waals surface area contributed by atoms with E-state index in [1.54, 1.807) is 22.7 Å². The number of hydrogen-bond donors (Lipinski definition) is 2. The molecule has 1 saturated heterocycles. The van der Waals surface area contributed by atoms with Gasteiger partial charge in [-0.25, -0.2) is 4.98 Å². The first-order chi connectivity index (χ1) is 15.2. The Morgan fingerprint density at radius 2 is 2.06 bits per heavy atom. The van der Waals surface area contributed by atoms with Gasteiger partial charge in [0.1, 0.15) is 10.7 Å². The topological polar surface area (TPSA) is 70.2 Å². The molecule has 6 nitrogen and oxygen atoms in total. The Morgan fingerprint density at radius 3 is 2.81 bits per heavy atom. The molecule has 3 aromatic heterocycles. The summed E-state index contributed by atoms with van der Waals surface area (Å²) in [5, 5.41) is 8.52. The van der Waals surface area contributed by atoms with E-state index in [0.29, 0.717) is 5.39 Å². The fourth-order valence-corrected chi connectivity index (χ4v) is 6.85. The van der Waals surface area contributed by atoms with E-state index in [9.17, 15) is 4.79 Å². The molecule has 8 heteroatoms. The Morgan fingerprint density at radius 1 is 1.26 bits per heavy atom. The first-order valence-corrected chi connectivity index (χ1v) is 13.0. The molecule has 1 saturated carbocycles. The third-order valence-electron chi connectivity index (χ3n) is 6.86. The minimum absolute atomic E-state index is 0.00997. The molecule has 1 aliphatic heterocycles. The Balaban J connectivity index is 1.36. The van der Waals surface area contributed by atoms with Gasteiger partial charge in [-0.05, 0) is 31.2 Å². The van der Waals surface area contributed by atoms with Gasteiger partial charge in [-0.1, -0.05) is 25.3 Å². The summed E-state index contributed by atoms with van der Waals surface area (Å²) in [4.78, 5) is 25.4. The third-order valence-corrected chi connectivity index (χ3v) is 8.64. The summed E-state index contributed by atoms with van der Waals surface area (Å²) in [5.41, 5.74) is 1.14. The lowest BCUT2D eigenvalue weighted by molar-refractivity contribution is -0.0376. The van der Waals surface area contributed by atoms with Gasteiger partial charge in [0.25, 0.3) is 5.56 Å². The van der Waals surface area contributed by atoms with Crippen LogP contribution < -0.4 is 10.9 Å². The highest BCUT2D eigenvalue weighted by atomic mass is 32.1. The number of ether oxygens (including phenoxy) is 1. The van der Waals surface area contributed by atoms with Gasteiger partial charge in [0, 0.05) is 41.0 Å². The van der Waals surface area contributed by atoms with E-state index >= 15 is 0 Å². The van der Waals surface area contributed by atoms with Crippen LogP contribution in [0, 0.1) is 0 Å². The van der Waals surface area contributed by atoms with Crippen molar-refractivity contribution in [3.05, 3.63) is 39.1 Å². The molecule has 0 aromatic carbocycles. The largest absolute Gasteiger partial charge is 0.379 e. The molecule has 1 unspecified atom stereocenters. The summed E-state index contributed by atoms with van der Waals surface area (Å²) in [6, 6.07) is 4.06. The van der Waals surface area contributed by atoms with Crippen LogP contribution in [0.1, 0.15) is 50.9 Å². The summed E-state index contributed by atoms with van der Waals surface area (Å²) in [6.45, 7) is 6.70. The van der Waals surface area contributed by atoms with Gasteiger partial charge >= 0.3 is 0 Å². The van der Waals surface area contributed by atoms with E-state index in [-0.39, 0.29) is 17.1 Å². The maximum Gasteiger partial charge on any atom is 0.260 e. The monoisotopic (exact) mass is 458 g/mol. The second kappa shape index (κ2) is 9.11. The number of hydrogen-bond acceptors (Lipinski definition) is 7. The molecule has 1 atom stereocenters. The van der Waals surface area contributed by atoms with Crippen LogP contribution >= 0.6 is 22.7 Å². The number of thiophene rings is 2. The first kappa shape index (κ1) is 21.3. The van der Waals surface area contributed by atoms with Crippen molar-refractivity contribution in [1.82, 2.24) is 20.2 Å². The van der Waals surface area contributed by atoms with Crippen molar-refractivity contribution in [3.63, 3.8) is 0 Å². The number of nitrogens with zero attached hydrogens (tertiary/aromatic N) is 2. The molecule has 31 heavy (non-hydrogen) atoms. The predicted octanol–water partition coefficient (Wildman–Crippen LogP) is 4.40. The van der Waals surface area contributed by atoms with Gasteiger partial charge in [0.2, 0.25) is 0 Å². The van der Waals surface area contributed by atoms with Gasteiger partial charge in [-0.15, -0.1) is 22.7 Å². The minimum atomic E-state index is -0.0427. The number of fused-ring (bicyclic) bond motifs is 1. The van der Waals surface area contributed by atoms with Crippen molar-refractivity contribution in [2.24, 2.45) is 0 Å². The van der Waals surface area contributed by atoms with Gasteiger partial charge < -0.3 is 15.0 Å². The van der Waals surface area contributed by atoms with Crippen LogP contribution in [0.25, 0.3) is 20.7 Å². The van der Waals surface area contributed by atoms with Gasteiger partial charge in [-0.3, -0.25) is 9.69 Å². The summed E-state index contributed by atoms with van der Waals surface area (Å²) >= 11 is 3.20. The summed E-state index contributed by atoms with van der Waals surface area (Å²) in [6.07, 6.45) is 6.36. The highest BCUT2D eigenvalue weighted by Crippen LogP contribution is 2.35. The Labute approximate surface area is 190 Å². The van der Waals surface area contributed by atoms with Crippen LogP contribution in [0.15, 0.2) is 27.7 Å². The second-order valence-electron chi connectivity index (χ2n) is 8.75. The number of aromatic nitrogens is 2. The van der Waals surface area contributed by atoms with Crippen LogP contribution in [0.2, 0.25) is 0 Å². The molecule has 3 aromatic rings. The van der Waals surface area contributed by atoms with E-state index in [2.05, 4.69) is 33.6 Å². The van der Waals surface area contributed by atoms with E-state index in [1.165, 1.54) is 32.1 Å². The predicted molar refractivity (Wildman–Crippen MR) is 128 cm³/mol. The Kier molecular flexibility index (Phi) is 6.25. The smallest absolute Gasteiger partial charge is 0.260 e. The second-order valence-corrected chi connectivity index (χ2v) is 10.6. The fourth-order valence-electron chi connectivity index (χ4n) is 5.08. The molecule has 4 heterocycles. The Bertz CT molecular complexity index is 1060. The first-order valence-electron chi connectivity index (χ1n) is 11.3.